The third-order valence-corrected chi connectivity index (χ3v) is 2.71. The van der Waals surface area contributed by atoms with Crippen LogP contribution < -0.4 is 14.4 Å². The summed E-state index contributed by atoms with van der Waals surface area (Å²) >= 11 is 0. The topological polar surface area (TPSA) is 38.8 Å². The van der Waals surface area contributed by atoms with Gasteiger partial charge in [0, 0.05) is 25.2 Å². The van der Waals surface area contributed by atoms with Crippen molar-refractivity contribution < 1.29 is 14.3 Å². The molecule has 0 aliphatic carbocycles. The molecule has 0 unspecified atom stereocenters. The molecular weight excluding hydrogens is 230 g/mol. The van der Waals surface area contributed by atoms with Gasteiger partial charge in [-0.2, -0.15) is 0 Å². The van der Waals surface area contributed by atoms with E-state index in [1.807, 2.05) is 19.9 Å². The van der Waals surface area contributed by atoms with E-state index >= 15 is 0 Å². The molecule has 0 bridgehead atoms. The van der Waals surface area contributed by atoms with Crippen LogP contribution in [0.4, 0.5) is 5.69 Å². The molecule has 0 fully saturated rings. The van der Waals surface area contributed by atoms with Crippen molar-refractivity contribution in [2.45, 2.75) is 20.3 Å². The second-order valence-electron chi connectivity index (χ2n) is 4.59. The zero-order chi connectivity index (χ0) is 13.7. The second kappa shape index (κ2) is 6.28. The average Bonchev–Trinajstić information content (AvgIpc) is 2.36. The lowest BCUT2D eigenvalue weighted by Crippen LogP contribution is -2.27. The molecule has 0 aliphatic heterocycles. The molecule has 0 atom stereocenters. The Balaban J connectivity index is 2.92. The van der Waals surface area contributed by atoms with E-state index in [0.29, 0.717) is 23.8 Å². The summed E-state index contributed by atoms with van der Waals surface area (Å²) < 4.78 is 10.4. The number of benzene rings is 1. The van der Waals surface area contributed by atoms with Gasteiger partial charge in [-0.1, -0.05) is 13.8 Å². The van der Waals surface area contributed by atoms with E-state index in [0.717, 1.165) is 5.69 Å². The van der Waals surface area contributed by atoms with Crippen LogP contribution >= 0.6 is 0 Å². The molecule has 0 aromatic heterocycles. The number of nitrogens with zero attached hydrogens (tertiary/aromatic N) is 1. The van der Waals surface area contributed by atoms with Gasteiger partial charge >= 0.3 is 0 Å². The van der Waals surface area contributed by atoms with Gasteiger partial charge in [0.15, 0.2) is 11.5 Å². The van der Waals surface area contributed by atoms with Crippen LogP contribution in [0.3, 0.4) is 0 Å². The maximum atomic E-state index is 12.0. The number of amides is 1. The van der Waals surface area contributed by atoms with E-state index < -0.39 is 0 Å². The molecule has 0 saturated carbocycles. The number of carbonyl (C=O) groups is 1. The largest absolute Gasteiger partial charge is 0.493 e. The van der Waals surface area contributed by atoms with Crippen molar-refractivity contribution in [2.75, 3.05) is 26.2 Å². The minimum atomic E-state index is 0.0946. The van der Waals surface area contributed by atoms with E-state index in [9.17, 15) is 4.79 Å². The summed E-state index contributed by atoms with van der Waals surface area (Å²) in [6.07, 6.45) is 0.533. The summed E-state index contributed by atoms with van der Waals surface area (Å²) in [6, 6.07) is 5.45. The molecule has 0 spiro atoms. The Morgan fingerprint density at radius 3 is 2.33 bits per heavy atom. The third kappa shape index (κ3) is 3.39. The lowest BCUT2D eigenvalue weighted by atomic mass is 10.1. The van der Waals surface area contributed by atoms with E-state index in [1.54, 1.807) is 38.3 Å². The number of carbonyl (C=O) groups excluding carboxylic acids is 1. The van der Waals surface area contributed by atoms with Gasteiger partial charge in [0.1, 0.15) is 0 Å². The van der Waals surface area contributed by atoms with Crippen LogP contribution in [0.25, 0.3) is 0 Å². The zero-order valence-electron chi connectivity index (χ0n) is 11.7. The SMILES string of the molecule is COc1ccc(N(C)C(=O)CC(C)C)cc1OC. The van der Waals surface area contributed by atoms with Crippen LogP contribution in [0.15, 0.2) is 18.2 Å². The maximum Gasteiger partial charge on any atom is 0.226 e. The molecular formula is C14H21NO3. The number of rotatable bonds is 5. The molecule has 1 aromatic carbocycles. The Morgan fingerprint density at radius 1 is 1.22 bits per heavy atom. The van der Waals surface area contributed by atoms with Gasteiger partial charge in [-0.05, 0) is 18.1 Å². The fraction of sp³-hybridized carbons (Fsp3) is 0.500. The Kier molecular flexibility index (Phi) is 5.01. The highest BCUT2D eigenvalue weighted by Gasteiger charge is 2.14. The standard InChI is InChI=1S/C14H21NO3/c1-10(2)8-14(16)15(3)11-6-7-12(17-4)13(9-11)18-5/h6-7,9-10H,8H2,1-5H3. The fourth-order valence-electron chi connectivity index (χ4n) is 1.66. The van der Waals surface area contributed by atoms with E-state index in [1.165, 1.54) is 0 Å². The Labute approximate surface area is 108 Å². The molecule has 1 amide bonds. The molecule has 4 heteroatoms. The first-order valence-corrected chi connectivity index (χ1v) is 5.98. The van der Waals surface area contributed by atoms with Gasteiger partial charge in [-0.15, -0.1) is 0 Å². The van der Waals surface area contributed by atoms with Crippen molar-refractivity contribution in [3.05, 3.63) is 18.2 Å². The molecule has 0 N–H and O–H groups in total. The van der Waals surface area contributed by atoms with E-state index in [2.05, 4.69) is 0 Å². The Bertz CT molecular complexity index is 416. The van der Waals surface area contributed by atoms with Gasteiger partial charge in [0.25, 0.3) is 0 Å². The zero-order valence-corrected chi connectivity index (χ0v) is 11.7. The van der Waals surface area contributed by atoms with Crippen LogP contribution in [0.1, 0.15) is 20.3 Å². The third-order valence-electron chi connectivity index (χ3n) is 2.71. The molecule has 0 aliphatic rings. The minimum Gasteiger partial charge on any atom is -0.493 e. The first kappa shape index (κ1) is 14.4. The van der Waals surface area contributed by atoms with E-state index in [4.69, 9.17) is 9.47 Å². The van der Waals surface area contributed by atoms with Crippen LogP contribution in [0.2, 0.25) is 0 Å². The summed E-state index contributed by atoms with van der Waals surface area (Å²) in [5.74, 6) is 1.72. The number of anilines is 1. The summed E-state index contributed by atoms with van der Waals surface area (Å²) in [5, 5.41) is 0. The van der Waals surface area contributed by atoms with Crippen molar-refractivity contribution in [3.8, 4) is 11.5 Å². The van der Waals surface area contributed by atoms with Gasteiger partial charge in [-0.3, -0.25) is 4.79 Å². The summed E-state index contributed by atoms with van der Waals surface area (Å²) in [4.78, 5) is 13.6. The average molecular weight is 251 g/mol. The van der Waals surface area contributed by atoms with Gasteiger partial charge in [0.2, 0.25) is 5.91 Å². The number of methoxy groups -OCH3 is 2. The number of hydrogen-bond acceptors (Lipinski definition) is 3. The molecule has 100 valence electrons. The maximum absolute atomic E-state index is 12.0. The number of ether oxygens (including phenoxy) is 2. The highest BCUT2D eigenvalue weighted by atomic mass is 16.5. The summed E-state index contributed by atoms with van der Waals surface area (Å²) in [6.45, 7) is 4.06. The molecule has 0 heterocycles. The molecule has 1 aromatic rings. The first-order valence-electron chi connectivity index (χ1n) is 5.98. The summed E-state index contributed by atoms with van der Waals surface area (Å²) in [5.41, 5.74) is 0.804. The predicted octanol–water partition coefficient (Wildman–Crippen LogP) is 2.71. The molecule has 1 rings (SSSR count). The first-order chi connectivity index (χ1) is 8.49. The van der Waals surface area contributed by atoms with Gasteiger partial charge in [-0.25, -0.2) is 0 Å². The Morgan fingerprint density at radius 2 is 1.83 bits per heavy atom. The smallest absolute Gasteiger partial charge is 0.226 e. The lowest BCUT2D eigenvalue weighted by Gasteiger charge is -2.20. The molecule has 0 saturated heterocycles. The molecule has 18 heavy (non-hydrogen) atoms. The molecule has 0 radical (unpaired) electrons. The van der Waals surface area contributed by atoms with Crippen LogP contribution in [-0.4, -0.2) is 27.2 Å². The monoisotopic (exact) mass is 251 g/mol. The minimum absolute atomic E-state index is 0.0946. The van der Waals surface area contributed by atoms with Gasteiger partial charge < -0.3 is 14.4 Å². The van der Waals surface area contributed by atoms with E-state index in [-0.39, 0.29) is 5.91 Å². The van der Waals surface area contributed by atoms with Crippen molar-refractivity contribution in [3.63, 3.8) is 0 Å². The van der Waals surface area contributed by atoms with Crippen LogP contribution in [-0.2, 0) is 4.79 Å². The summed E-state index contributed by atoms with van der Waals surface area (Å²) in [7, 11) is 4.94. The highest BCUT2D eigenvalue weighted by Crippen LogP contribution is 2.31. The quantitative estimate of drug-likeness (QED) is 0.807. The fourth-order valence-corrected chi connectivity index (χ4v) is 1.66. The predicted molar refractivity (Wildman–Crippen MR) is 72.4 cm³/mol. The van der Waals surface area contributed by atoms with Crippen molar-refractivity contribution in [1.29, 1.82) is 0 Å². The normalized spacial score (nSPS) is 10.3. The second-order valence-corrected chi connectivity index (χ2v) is 4.59. The Hall–Kier alpha value is -1.71. The van der Waals surface area contributed by atoms with Crippen molar-refractivity contribution >= 4 is 11.6 Å². The van der Waals surface area contributed by atoms with Crippen LogP contribution in [0, 0.1) is 5.92 Å². The van der Waals surface area contributed by atoms with Crippen LogP contribution in [0.5, 0.6) is 11.5 Å². The molecule has 4 nitrogen and oxygen atoms in total. The van der Waals surface area contributed by atoms with Crippen molar-refractivity contribution in [2.24, 2.45) is 5.92 Å². The number of hydrogen-bond donors (Lipinski definition) is 0. The van der Waals surface area contributed by atoms with Crippen molar-refractivity contribution in [1.82, 2.24) is 0 Å². The lowest BCUT2D eigenvalue weighted by molar-refractivity contribution is -0.119. The highest BCUT2D eigenvalue weighted by molar-refractivity contribution is 5.93. The van der Waals surface area contributed by atoms with Gasteiger partial charge in [0.05, 0.1) is 14.2 Å².